The molecule has 3 aromatic rings. The second-order valence-corrected chi connectivity index (χ2v) is 6.83. The van der Waals surface area contributed by atoms with E-state index in [4.69, 9.17) is 28.6 Å². The van der Waals surface area contributed by atoms with Crippen molar-refractivity contribution in [1.82, 2.24) is 20.1 Å². The van der Waals surface area contributed by atoms with Gasteiger partial charge in [-0.05, 0) is 61.1 Å². The van der Waals surface area contributed by atoms with Crippen molar-refractivity contribution < 1.29 is 9.53 Å². The van der Waals surface area contributed by atoms with Crippen molar-refractivity contribution in [3.63, 3.8) is 0 Å². The van der Waals surface area contributed by atoms with Gasteiger partial charge in [0.2, 0.25) is 5.91 Å². The van der Waals surface area contributed by atoms with Gasteiger partial charge in [0.1, 0.15) is 12.3 Å². The second-order valence-electron chi connectivity index (χ2n) is 6.01. The summed E-state index contributed by atoms with van der Waals surface area (Å²) >= 11 is 11.3. The molecule has 0 bridgehead atoms. The molecule has 0 saturated carbocycles. The summed E-state index contributed by atoms with van der Waals surface area (Å²) in [4.78, 5) is 12.5. The minimum atomic E-state index is -0.179. The van der Waals surface area contributed by atoms with Gasteiger partial charge >= 0.3 is 0 Å². The van der Waals surface area contributed by atoms with E-state index in [1.165, 1.54) is 0 Å². The van der Waals surface area contributed by atoms with Crippen LogP contribution in [0.3, 0.4) is 0 Å². The molecule has 2 aromatic carbocycles. The molecule has 140 valence electrons. The van der Waals surface area contributed by atoms with Crippen LogP contribution in [0.4, 0.5) is 0 Å². The average molecular weight is 403 g/mol. The lowest BCUT2D eigenvalue weighted by molar-refractivity contribution is -0.122. The first-order chi connectivity index (χ1) is 13.0. The summed E-state index contributed by atoms with van der Waals surface area (Å²) in [6.45, 7) is 1.96. The topological polar surface area (TPSA) is 71.9 Å². The van der Waals surface area contributed by atoms with E-state index in [2.05, 4.69) is 15.5 Å². The number of nitrogens with zero attached hydrogens (tertiary/aromatic N) is 2. The molecule has 0 fully saturated rings. The molecule has 27 heavy (non-hydrogen) atoms. The number of hydrogen-bond donors (Lipinski definition) is 2. The number of nitrogens with one attached hydrogen (secondary N) is 2. The Morgan fingerprint density at radius 1 is 1.33 bits per heavy atom. The average Bonchev–Trinajstić information content (AvgIpc) is 3.02. The van der Waals surface area contributed by atoms with Crippen LogP contribution < -0.4 is 10.1 Å². The quantitative estimate of drug-likeness (QED) is 0.607. The maximum atomic E-state index is 12.5. The Bertz CT molecular complexity index is 997. The lowest BCUT2D eigenvalue weighted by Gasteiger charge is -2.15. The van der Waals surface area contributed by atoms with Crippen LogP contribution in [0.5, 0.6) is 5.75 Å². The molecule has 8 heteroatoms. The van der Waals surface area contributed by atoms with Crippen LogP contribution >= 0.6 is 23.8 Å². The van der Waals surface area contributed by atoms with E-state index in [0.29, 0.717) is 15.6 Å². The summed E-state index contributed by atoms with van der Waals surface area (Å²) in [6, 6.07) is 14.6. The molecule has 1 atom stereocenters. The van der Waals surface area contributed by atoms with Crippen LogP contribution in [0.1, 0.15) is 18.5 Å². The first kappa shape index (κ1) is 19.1. The molecular weight excluding hydrogens is 384 g/mol. The van der Waals surface area contributed by atoms with E-state index in [1.807, 2.05) is 49.4 Å². The van der Waals surface area contributed by atoms with Gasteiger partial charge < -0.3 is 10.1 Å². The van der Waals surface area contributed by atoms with Crippen molar-refractivity contribution in [1.29, 1.82) is 0 Å². The first-order valence-electron chi connectivity index (χ1n) is 8.32. The third-order valence-electron chi connectivity index (χ3n) is 4.13. The number of aromatic nitrogens is 3. The van der Waals surface area contributed by atoms with Crippen LogP contribution in [-0.2, 0) is 11.3 Å². The molecule has 1 unspecified atom stereocenters. The number of halogens is 1. The molecular formula is C19H19ClN4O2S. The molecule has 0 saturated heterocycles. The zero-order valence-corrected chi connectivity index (χ0v) is 16.5. The van der Waals surface area contributed by atoms with Crippen molar-refractivity contribution in [3.8, 4) is 17.1 Å². The zero-order valence-electron chi connectivity index (χ0n) is 14.9. The molecule has 1 amide bonds. The number of hydrogen-bond acceptors (Lipinski definition) is 4. The van der Waals surface area contributed by atoms with E-state index in [1.54, 1.807) is 17.7 Å². The van der Waals surface area contributed by atoms with Gasteiger partial charge in [-0.15, -0.1) is 0 Å². The van der Waals surface area contributed by atoms with Gasteiger partial charge in [0.25, 0.3) is 0 Å². The molecule has 6 nitrogen and oxygen atoms in total. The SMILES string of the molecule is COc1ccc(-c2n[nH]c(=S)n2CC(=O)NC(C)c2cccc(Cl)c2)cc1. The fourth-order valence-corrected chi connectivity index (χ4v) is 3.11. The fraction of sp³-hybridized carbons (Fsp3) is 0.211. The van der Waals surface area contributed by atoms with E-state index >= 15 is 0 Å². The Morgan fingerprint density at radius 2 is 2.07 bits per heavy atom. The van der Waals surface area contributed by atoms with Gasteiger partial charge in [-0.3, -0.25) is 14.5 Å². The van der Waals surface area contributed by atoms with Crippen molar-refractivity contribution in [2.24, 2.45) is 0 Å². The highest BCUT2D eigenvalue weighted by molar-refractivity contribution is 7.71. The van der Waals surface area contributed by atoms with Gasteiger partial charge in [0.05, 0.1) is 13.2 Å². The molecule has 0 radical (unpaired) electrons. The zero-order chi connectivity index (χ0) is 19.4. The van der Waals surface area contributed by atoms with E-state index in [-0.39, 0.29) is 18.5 Å². The van der Waals surface area contributed by atoms with Crippen LogP contribution in [0.25, 0.3) is 11.4 Å². The summed E-state index contributed by atoms with van der Waals surface area (Å²) in [5.74, 6) is 1.16. The molecule has 0 aliphatic rings. The number of methoxy groups -OCH3 is 1. The maximum absolute atomic E-state index is 12.5. The van der Waals surface area contributed by atoms with Crippen LogP contribution in [0.15, 0.2) is 48.5 Å². The summed E-state index contributed by atoms with van der Waals surface area (Å²) in [6.07, 6.45) is 0. The smallest absolute Gasteiger partial charge is 0.240 e. The Kier molecular flexibility index (Phi) is 5.93. The first-order valence-corrected chi connectivity index (χ1v) is 9.11. The highest BCUT2D eigenvalue weighted by Gasteiger charge is 2.15. The highest BCUT2D eigenvalue weighted by atomic mass is 35.5. The Labute approximate surface area is 167 Å². The predicted octanol–water partition coefficient (Wildman–Crippen LogP) is 4.15. The van der Waals surface area contributed by atoms with Crippen molar-refractivity contribution in [2.45, 2.75) is 19.5 Å². The van der Waals surface area contributed by atoms with E-state index in [0.717, 1.165) is 16.9 Å². The number of rotatable bonds is 6. The fourth-order valence-electron chi connectivity index (χ4n) is 2.71. The normalized spacial score (nSPS) is 11.8. The number of carbonyl (C=O) groups is 1. The number of benzene rings is 2. The largest absolute Gasteiger partial charge is 0.497 e. The van der Waals surface area contributed by atoms with Gasteiger partial charge in [-0.2, -0.15) is 5.10 Å². The third-order valence-corrected chi connectivity index (χ3v) is 4.68. The highest BCUT2D eigenvalue weighted by Crippen LogP contribution is 2.21. The van der Waals surface area contributed by atoms with Crippen LogP contribution in [0.2, 0.25) is 5.02 Å². The van der Waals surface area contributed by atoms with Crippen molar-refractivity contribution in [3.05, 3.63) is 63.9 Å². The molecule has 1 aromatic heterocycles. The monoisotopic (exact) mass is 402 g/mol. The van der Waals surface area contributed by atoms with E-state index < -0.39 is 0 Å². The number of carbonyl (C=O) groups excluding carboxylic acids is 1. The molecule has 1 heterocycles. The molecule has 0 spiro atoms. The Balaban J connectivity index is 1.76. The summed E-state index contributed by atoms with van der Waals surface area (Å²) in [7, 11) is 1.61. The molecule has 2 N–H and O–H groups in total. The molecule has 3 rings (SSSR count). The third kappa shape index (κ3) is 4.56. The van der Waals surface area contributed by atoms with Gasteiger partial charge in [0, 0.05) is 10.6 Å². The number of aromatic amines is 1. The predicted molar refractivity (Wildman–Crippen MR) is 107 cm³/mol. The Morgan fingerprint density at radius 3 is 2.74 bits per heavy atom. The standard InChI is InChI=1S/C19H19ClN4O2S/c1-12(14-4-3-5-15(20)10-14)21-17(25)11-24-18(22-23-19(24)27)13-6-8-16(26-2)9-7-13/h3-10,12H,11H2,1-2H3,(H,21,25)(H,23,27). The maximum Gasteiger partial charge on any atom is 0.240 e. The lowest BCUT2D eigenvalue weighted by atomic mass is 10.1. The number of ether oxygens (including phenoxy) is 1. The summed E-state index contributed by atoms with van der Waals surface area (Å²) in [5, 5.41) is 10.6. The number of H-pyrrole nitrogens is 1. The number of amides is 1. The Hall–Kier alpha value is -2.64. The summed E-state index contributed by atoms with van der Waals surface area (Å²) < 4.78 is 7.21. The lowest BCUT2D eigenvalue weighted by Crippen LogP contribution is -2.30. The van der Waals surface area contributed by atoms with Crippen molar-refractivity contribution in [2.75, 3.05) is 7.11 Å². The minimum Gasteiger partial charge on any atom is -0.497 e. The van der Waals surface area contributed by atoms with E-state index in [9.17, 15) is 4.79 Å². The van der Waals surface area contributed by atoms with Crippen molar-refractivity contribution >= 4 is 29.7 Å². The van der Waals surface area contributed by atoms with Crippen LogP contribution in [0, 0.1) is 4.77 Å². The molecule has 0 aliphatic heterocycles. The van der Waals surface area contributed by atoms with Crippen LogP contribution in [-0.4, -0.2) is 27.8 Å². The van der Waals surface area contributed by atoms with Gasteiger partial charge in [0.15, 0.2) is 10.6 Å². The molecule has 0 aliphatic carbocycles. The second kappa shape index (κ2) is 8.37. The van der Waals surface area contributed by atoms with Gasteiger partial charge in [-0.1, -0.05) is 23.7 Å². The minimum absolute atomic E-state index is 0.0571. The summed E-state index contributed by atoms with van der Waals surface area (Å²) in [5.41, 5.74) is 1.76. The van der Waals surface area contributed by atoms with Gasteiger partial charge in [-0.25, -0.2) is 0 Å².